The monoisotopic (exact) mass is 394 g/mol. The van der Waals surface area contributed by atoms with E-state index < -0.39 is 12.6 Å². The molecule has 0 saturated heterocycles. The van der Waals surface area contributed by atoms with Crippen LogP contribution in [-0.2, 0) is 9.59 Å². The van der Waals surface area contributed by atoms with E-state index in [1.54, 1.807) is 12.1 Å². The predicted molar refractivity (Wildman–Crippen MR) is 100 cm³/mol. The standard InChI is InChI=1S/C19H23ClN2O5/c1-19-6-4-3-5-12(19)16(19)18(25)22-21-9-11-7-13(20)17(14(8-11)26-2)27-10-15(23)24/h7-9,12,16H,3-6,10H2,1-2H3,(H,22,25)(H,23,24)/b21-9-/t12-,16-,19-/m0/s1. The van der Waals surface area contributed by atoms with Crippen LogP contribution in [0.25, 0.3) is 0 Å². The fraction of sp³-hybridized carbons (Fsp3) is 0.526. The summed E-state index contributed by atoms with van der Waals surface area (Å²) in [5.74, 6) is -0.199. The van der Waals surface area contributed by atoms with Crippen molar-refractivity contribution >= 4 is 29.7 Å². The number of benzene rings is 1. The highest BCUT2D eigenvalue weighted by atomic mass is 35.5. The molecule has 0 aliphatic heterocycles. The number of hydrogen-bond donors (Lipinski definition) is 2. The molecular weight excluding hydrogens is 372 g/mol. The van der Waals surface area contributed by atoms with Crippen LogP contribution in [-0.4, -0.2) is 36.9 Å². The van der Waals surface area contributed by atoms with E-state index in [2.05, 4.69) is 17.5 Å². The van der Waals surface area contributed by atoms with Gasteiger partial charge >= 0.3 is 5.97 Å². The fourth-order valence-electron chi connectivity index (χ4n) is 4.18. The Balaban J connectivity index is 1.64. The fourth-order valence-corrected chi connectivity index (χ4v) is 4.45. The molecule has 8 heteroatoms. The van der Waals surface area contributed by atoms with Gasteiger partial charge < -0.3 is 14.6 Å². The minimum absolute atomic E-state index is 0.0416. The summed E-state index contributed by atoms with van der Waals surface area (Å²) in [6, 6.07) is 3.17. The molecule has 1 amide bonds. The lowest BCUT2D eigenvalue weighted by Gasteiger charge is -2.15. The van der Waals surface area contributed by atoms with Gasteiger partial charge in [0.25, 0.3) is 0 Å². The van der Waals surface area contributed by atoms with Gasteiger partial charge in [0.1, 0.15) is 0 Å². The van der Waals surface area contributed by atoms with Gasteiger partial charge in [0.05, 0.1) is 18.3 Å². The number of nitrogens with one attached hydrogen (secondary N) is 1. The van der Waals surface area contributed by atoms with E-state index in [-0.39, 0.29) is 33.8 Å². The Morgan fingerprint density at radius 2 is 2.22 bits per heavy atom. The van der Waals surface area contributed by atoms with Gasteiger partial charge in [-0.2, -0.15) is 5.10 Å². The van der Waals surface area contributed by atoms with Crippen molar-refractivity contribution in [3.05, 3.63) is 22.7 Å². The number of fused-ring (bicyclic) bond motifs is 1. The lowest BCUT2D eigenvalue weighted by atomic mass is 9.90. The molecular formula is C19H23ClN2O5. The van der Waals surface area contributed by atoms with Crippen molar-refractivity contribution in [2.24, 2.45) is 22.4 Å². The first-order valence-corrected chi connectivity index (χ1v) is 9.29. The quantitative estimate of drug-likeness (QED) is 0.547. The molecule has 3 rings (SSSR count). The van der Waals surface area contributed by atoms with Gasteiger partial charge in [-0.15, -0.1) is 0 Å². The Hall–Kier alpha value is -2.28. The van der Waals surface area contributed by atoms with E-state index in [4.69, 9.17) is 26.2 Å². The number of hydrazone groups is 1. The zero-order valence-electron chi connectivity index (χ0n) is 15.3. The summed E-state index contributed by atoms with van der Waals surface area (Å²) < 4.78 is 10.4. The molecule has 0 heterocycles. The Morgan fingerprint density at radius 3 is 2.85 bits per heavy atom. The van der Waals surface area contributed by atoms with Gasteiger partial charge in [-0.1, -0.05) is 31.4 Å². The summed E-state index contributed by atoms with van der Waals surface area (Å²) >= 11 is 6.15. The summed E-state index contributed by atoms with van der Waals surface area (Å²) in [4.78, 5) is 23.1. The molecule has 2 saturated carbocycles. The molecule has 0 spiro atoms. The molecule has 0 aromatic heterocycles. The normalized spacial score (nSPS) is 26.3. The number of aliphatic carboxylic acids is 1. The molecule has 2 N–H and O–H groups in total. The largest absolute Gasteiger partial charge is 0.493 e. The van der Waals surface area contributed by atoms with Gasteiger partial charge in [0.15, 0.2) is 18.1 Å². The van der Waals surface area contributed by atoms with E-state index in [1.165, 1.54) is 26.2 Å². The second-order valence-corrected chi connectivity index (χ2v) is 7.69. The second kappa shape index (κ2) is 7.76. The zero-order valence-corrected chi connectivity index (χ0v) is 16.1. The molecule has 1 aromatic carbocycles. The van der Waals surface area contributed by atoms with Crippen LogP contribution >= 0.6 is 11.6 Å². The summed E-state index contributed by atoms with van der Waals surface area (Å²) in [6.07, 6.45) is 6.07. The second-order valence-electron chi connectivity index (χ2n) is 7.29. The number of carbonyl (C=O) groups is 2. The average Bonchev–Trinajstić information content (AvgIpc) is 3.25. The average molecular weight is 395 g/mol. The lowest BCUT2D eigenvalue weighted by Crippen LogP contribution is -2.22. The number of halogens is 1. The summed E-state index contributed by atoms with van der Waals surface area (Å²) in [5.41, 5.74) is 3.35. The van der Waals surface area contributed by atoms with Crippen molar-refractivity contribution < 1.29 is 24.2 Å². The SMILES string of the molecule is COc1cc(/C=N\NC(=O)[C@@H]2[C@@H]3CCCC[C@]23C)cc(Cl)c1OCC(=O)O. The Morgan fingerprint density at radius 1 is 1.44 bits per heavy atom. The molecule has 2 aliphatic rings. The van der Waals surface area contributed by atoms with Crippen molar-refractivity contribution in [1.29, 1.82) is 0 Å². The molecule has 3 atom stereocenters. The maximum atomic E-state index is 12.4. The van der Waals surface area contributed by atoms with Gasteiger partial charge in [-0.05, 0) is 41.9 Å². The number of nitrogens with zero attached hydrogens (tertiary/aromatic N) is 1. The summed E-state index contributed by atoms with van der Waals surface area (Å²) in [5, 5.41) is 13.0. The number of rotatable bonds is 7. The van der Waals surface area contributed by atoms with Crippen LogP contribution in [0.4, 0.5) is 0 Å². The van der Waals surface area contributed by atoms with Crippen molar-refractivity contribution in [3.63, 3.8) is 0 Å². The van der Waals surface area contributed by atoms with Gasteiger partial charge in [-0.25, -0.2) is 10.2 Å². The first-order valence-electron chi connectivity index (χ1n) is 8.92. The third-order valence-corrected chi connectivity index (χ3v) is 5.87. The van der Waals surface area contributed by atoms with Crippen molar-refractivity contribution in [2.45, 2.75) is 32.6 Å². The number of carbonyl (C=O) groups excluding carboxylic acids is 1. The zero-order chi connectivity index (χ0) is 19.6. The molecule has 0 unspecified atom stereocenters. The molecule has 27 heavy (non-hydrogen) atoms. The Labute approximate surface area is 162 Å². The Kier molecular flexibility index (Phi) is 5.60. The third kappa shape index (κ3) is 4.03. The van der Waals surface area contributed by atoms with Gasteiger partial charge in [0.2, 0.25) is 5.91 Å². The highest BCUT2D eigenvalue weighted by Gasteiger charge is 2.64. The number of carboxylic acids is 1. The van der Waals surface area contributed by atoms with E-state index >= 15 is 0 Å². The number of ether oxygens (including phenoxy) is 2. The van der Waals surface area contributed by atoms with E-state index in [1.807, 2.05) is 0 Å². The van der Waals surface area contributed by atoms with E-state index in [9.17, 15) is 9.59 Å². The predicted octanol–water partition coefficient (Wildman–Crippen LogP) is 3.09. The maximum Gasteiger partial charge on any atom is 0.341 e. The van der Waals surface area contributed by atoms with Gasteiger partial charge in [0, 0.05) is 5.92 Å². The van der Waals surface area contributed by atoms with Crippen LogP contribution in [0, 0.1) is 17.3 Å². The van der Waals surface area contributed by atoms with Crippen LogP contribution in [0.2, 0.25) is 5.02 Å². The maximum absolute atomic E-state index is 12.4. The number of methoxy groups -OCH3 is 1. The molecule has 2 aliphatic carbocycles. The smallest absolute Gasteiger partial charge is 0.341 e. The first kappa shape index (κ1) is 19.5. The van der Waals surface area contributed by atoms with Crippen LogP contribution in [0.15, 0.2) is 17.2 Å². The number of carboxylic acid groups (broad SMARTS) is 1. The van der Waals surface area contributed by atoms with Crippen LogP contribution in [0.1, 0.15) is 38.2 Å². The van der Waals surface area contributed by atoms with Crippen LogP contribution in [0.3, 0.4) is 0 Å². The summed E-state index contributed by atoms with van der Waals surface area (Å²) in [7, 11) is 1.43. The van der Waals surface area contributed by atoms with E-state index in [0.717, 1.165) is 12.8 Å². The van der Waals surface area contributed by atoms with Crippen LogP contribution in [0.5, 0.6) is 11.5 Å². The molecule has 146 valence electrons. The minimum Gasteiger partial charge on any atom is -0.493 e. The molecule has 1 aromatic rings. The highest BCUT2D eigenvalue weighted by Crippen LogP contribution is 2.66. The highest BCUT2D eigenvalue weighted by molar-refractivity contribution is 6.32. The molecule has 0 radical (unpaired) electrons. The topological polar surface area (TPSA) is 97.2 Å². The van der Waals surface area contributed by atoms with Crippen molar-refractivity contribution in [3.8, 4) is 11.5 Å². The van der Waals surface area contributed by atoms with E-state index in [0.29, 0.717) is 11.5 Å². The molecule has 0 bridgehead atoms. The molecule has 2 fully saturated rings. The Bertz CT molecular complexity index is 782. The lowest BCUT2D eigenvalue weighted by molar-refractivity contribution is -0.139. The minimum atomic E-state index is -1.11. The van der Waals surface area contributed by atoms with Crippen molar-refractivity contribution in [2.75, 3.05) is 13.7 Å². The first-order chi connectivity index (χ1) is 12.9. The van der Waals surface area contributed by atoms with Gasteiger partial charge in [-0.3, -0.25) is 4.79 Å². The number of amides is 1. The summed E-state index contributed by atoms with van der Waals surface area (Å²) in [6.45, 7) is 1.66. The van der Waals surface area contributed by atoms with Crippen LogP contribution < -0.4 is 14.9 Å². The number of hydrogen-bond acceptors (Lipinski definition) is 5. The van der Waals surface area contributed by atoms with Crippen molar-refractivity contribution in [1.82, 2.24) is 5.43 Å². The third-order valence-electron chi connectivity index (χ3n) is 5.59. The molecule has 7 nitrogen and oxygen atoms in total.